The molecule has 160 valence electrons. The summed E-state index contributed by atoms with van der Waals surface area (Å²) in [6.45, 7) is 3.79. The maximum atomic E-state index is 13.4. The molecule has 6 nitrogen and oxygen atoms in total. The first-order valence-corrected chi connectivity index (χ1v) is 11.0. The number of rotatable bonds is 6. The van der Waals surface area contributed by atoms with Crippen molar-refractivity contribution in [2.75, 3.05) is 26.2 Å². The van der Waals surface area contributed by atoms with E-state index in [2.05, 4.69) is 0 Å². The molecule has 1 aromatic rings. The maximum Gasteiger partial charge on any atom is 0.257 e. The number of hydrogen-bond donors (Lipinski definition) is 1. The number of likely N-dealkylation sites (tertiary alicyclic amines) is 2. The van der Waals surface area contributed by atoms with Gasteiger partial charge in [-0.25, -0.2) is 0 Å². The van der Waals surface area contributed by atoms with E-state index >= 15 is 0 Å². The Bertz CT molecular complexity index is 719. The quantitative estimate of drug-likeness (QED) is 0.761. The lowest BCUT2D eigenvalue weighted by atomic mass is 9.97. The average molecular weight is 423 g/mol. The Morgan fingerprint density at radius 3 is 2.62 bits per heavy atom. The Labute approximate surface area is 177 Å². The van der Waals surface area contributed by atoms with Crippen LogP contribution in [0, 0.1) is 0 Å². The second-order valence-electron chi connectivity index (χ2n) is 7.98. The fourth-order valence-corrected chi connectivity index (χ4v) is 4.46. The van der Waals surface area contributed by atoms with Gasteiger partial charge >= 0.3 is 0 Å². The molecule has 2 aliphatic heterocycles. The van der Waals surface area contributed by atoms with Crippen molar-refractivity contribution < 1.29 is 19.4 Å². The summed E-state index contributed by atoms with van der Waals surface area (Å²) in [6.07, 6.45) is 6.04. The second kappa shape index (κ2) is 10.3. The molecular weight excluding hydrogens is 392 g/mol. The highest BCUT2D eigenvalue weighted by Crippen LogP contribution is 2.30. The van der Waals surface area contributed by atoms with Gasteiger partial charge in [-0.2, -0.15) is 0 Å². The Morgan fingerprint density at radius 1 is 1.17 bits per heavy atom. The maximum absolute atomic E-state index is 13.4. The second-order valence-corrected chi connectivity index (χ2v) is 8.41. The van der Waals surface area contributed by atoms with E-state index in [1.54, 1.807) is 25.1 Å². The van der Waals surface area contributed by atoms with Gasteiger partial charge in [0.25, 0.3) is 5.91 Å². The summed E-state index contributed by atoms with van der Waals surface area (Å²) >= 11 is 6.21. The first kappa shape index (κ1) is 21.9. The van der Waals surface area contributed by atoms with Gasteiger partial charge in [0.05, 0.1) is 5.56 Å². The molecule has 7 heteroatoms. The molecule has 1 N–H and O–H groups in total. The van der Waals surface area contributed by atoms with Crippen LogP contribution in [0.3, 0.4) is 0 Å². The van der Waals surface area contributed by atoms with E-state index in [9.17, 15) is 14.7 Å². The molecule has 1 aromatic carbocycles. The first-order valence-electron chi connectivity index (χ1n) is 10.6. The molecule has 29 heavy (non-hydrogen) atoms. The van der Waals surface area contributed by atoms with Gasteiger partial charge in [-0.1, -0.05) is 11.6 Å². The van der Waals surface area contributed by atoms with Gasteiger partial charge in [0.1, 0.15) is 11.9 Å². The van der Waals surface area contributed by atoms with E-state index in [1.807, 2.05) is 9.80 Å². The van der Waals surface area contributed by atoms with Crippen molar-refractivity contribution in [1.29, 1.82) is 0 Å². The highest BCUT2D eigenvalue weighted by atomic mass is 35.5. The number of halogens is 1. The molecule has 0 saturated carbocycles. The van der Waals surface area contributed by atoms with Crippen LogP contribution in [-0.4, -0.2) is 65.1 Å². The van der Waals surface area contributed by atoms with Crippen molar-refractivity contribution in [3.05, 3.63) is 28.8 Å². The Morgan fingerprint density at radius 2 is 1.93 bits per heavy atom. The molecule has 0 spiro atoms. The molecular formula is C22H31ClN2O4. The zero-order valence-corrected chi connectivity index (χ0v) is 17.9. The highest BCUT2D eigenvalue weighted by molar-refractivity contribution is 6.31. The van der Waals surface area contributed by atoms with Gasteiger partial charge in [0, 0.05) is 57.1 Å². The van der Waals surface area contributed by atoms with Crippen molar-refractivity contribution in [3.63, 3.8) is 0 Å². The Balaban J connectivity index is 1.74. The zero-order chi connectivity index (χ0) is 20.8. The van der Waals surface area contributed by atoms with Gasteiger partial charge in [0.15, 0.2) is 0 Å². The number of piperidine rings is 2. The van der Waals surface area contributed by atoms with Gasteiger partial charge in [-0.15, -0.1) is 0 Å². The molecule has 0 radical (unpaired) electrons. The van der Waals surface area contributed by atoms with Crippen molar-refractivity contribution in [3.8, 4) is 5.75 Å². The van der Waals surface area contributed by atoms with Crippen molar-refractivity contribution in [2.24, 2.45) is 0 Å². The average Bonchev–Trinajstić information content (AvgIpc) is 2.73. The van der Waals surface area contributed by atoms with Crippen LogP contribution < -0.4 is 4.74 Å². The van der Waals surface area contributed by atoms with Gasteiger partial charge in [-0.05, 0) is 50.3 Å². The lowest BCUT2D eigenvalue weighted by Gasteiger charge is -2.36. The van der Waals surface area contributed by atoms with Gasteiger partial charge in [0.2, 0.25) is 5.91 Å². The van der Waals surface area contributed by atoms with Crippen LogP contribution in [0.2, 0.25) is 5.02 Å². The molecule has 3 rings (SSSR count). The fraction of sp³-hybridized carbons (Fsp3) is 0.636. The van der Waals surface area contributed by atoms with Crippen LogP contribution in [0.25, 0.3) is 0 Å². The number of carbonyl (C=O) groups excluding carboxylic acids is 2. The molecule has 0 aromatic heterocycles. The monoisotopic (exact) mass is 422 g/mol. The number of aliphatic hydroxyl groups is 1. The normalized spacial score (nSPS) is 20.6. The minimum absolute atomic E-state index is 0.0233. The fourth-order valence-electron chi connectivity index (χ4n) is 4.29. The summed E-state index contributed by atoms with van der Waals surface area (Å²) in [5.41, 5.74) is 0.502. The van der Waals surface area contributed by atoms with Crippen LogP contribution in [0.4, 0.5) is 0 Å². The van der Waals surface area contributed by atoms with Gasteiger partial charge < -0.3 is 19.6 Å². The van der Waals surface area contributed by atoms with E-state index in [4.69, 9.17) is 16.3 Å². The molecule has 2 fully saturated rings. The van der Waals surface area contributed by atoms with Crippen LogP contribution in [-0.2, 0) is 4.79 Å². The van der Waals surface area contributed by atoms with E-state index < -0.39 is 0 Å². The molecule has 2 saturated heterocycles. The largest absolute Gasteiger partial charge is 0.489 e. The molecule has 1 atom stereocenters. The molecule has 2 aliphatic rings. The zero-order valence-electron chi connectivity index (χ0n) is 17.1. The lowest BCUT2D eigenvalue weighted by Crippen LogP contribution is -2.44. The first-order chi connectivity index (χ1) is 14.0. The molecule has 2 heterocycles. The van der Waals surface area contributed by atoms with Crippen LogP contribution in [0.15, 0.2) is 18.2 Å². The molecule has 0 unspecified atom stereocenters. The minimum atomic E-state index is -0.0497. The number of ether oxygens (including phenoxy) is 1. The SMILES string of the molecule is CC(=O)N1CCC(Oc2ccc(Cl)cc2C(=O)N2CCCC[C@@H]2CCCO)CC1. The summed E-state index contributed by atoms with van der Waals surface area (Å²) in [7, 11) is 0. The highest BCUT2D eigenvalue weighted by Gasteiger charge is 2.30. The molecule has 2 amide bonds. The number of benzene rings is 1. The standard InChI is InChI=1S/C22H31ClN2O4/c1-16(27)24-12-9-19(10-13-24)29-21-8-7-17(23)15-20(21)22(28)25-11-3-2-5-18(25)6-4-14-26/h7-8,15,18-19,26H,2-6,9-14H2,1H3/t18-/m1/s1. The van der Waals surface area contributed by atoms with E-state index in [1.165, 1.54) is 0 Å². The number of aliphatic hydroxyl groups excluding tert-OH is 1. The van der Waals surface area contributed by atoms with Crippen LogP contribution in [0.1, 0.15) is 62.2 Å². The van der Waals surface area contributed by atoms with Crippen LogP contribution >= 0.6 is 11.6 Å². The third-order valence-corrected chi connectivity index (χ3v) is 6.17. The predicted molar refractivity (Wildman–Crippen MR) is 112 cm³/mol. The van der Waals surface area contributed by atoms with Crippen molar-refractivity contribution in [2.45, 2.75) is 64.0 Å². The van der Waals surface area contributed by atoms with Crippen molar-refractivity contribution in [1.82, 2.24) is 9.80 Å². The number of carbonyl (C=O) groups is 2. The topological polar surface area (TPSA) is 70.1 Å². The molecule has 0 aliphatic carbocycles. The third-order valence-electron chi connectivity index (χ3n) is 5.94. The minimum Gasteiger partial charge on any atom is -0.489 e. The lowest BCUT2D eigenvalue weighted by molar-refractivity contribution is -0.130. The van der Waals surface area contributed by atoms with E-state index in [0.717, 1.165) is 45.1 Å². The number of nitrogens with zero attached hydrogens (tertiary/aromatic N) is 2. The van der Waals surface area contributed by atoms with Crippen molar-refractivity contribution >= 4 is 23.4 Å². The third kappa shape index (κ3) is 5.64. The Kier molecular flexibility index (Phi) is 7.78. The summed E-state index contributed by atoms with van der Waals surface area (Å²) in [5, 5.41) is 9.70. The number of amides is 2. The summed E-state index contributed by atoms with van der Waals surface area (Å²) < 4.78 is 6.21. The summed E-state index contributed by atoms with van der Waals surface area (Å²) in [6, 6.07) is 5.37. The summed E-state index contributed by atoms with van der Waals surface area (Å²) in [5.74, 6) is 0.600. The van der Waals surface area contributed by atoms with Gasteiger partial charge in [-0.3, -0.25) is 9.59 Å². The van der Waals surface area contributed by atoms with Crippen LogP contribution in [0.5, 0.6) is 5.75 Å². The van der Waals surface area contributed by atoms with E-state index in [-0.39, 0.29) is 30.6 Å². The Hall–Kier alpha value is -1.79. The number of hydrogen-bond acceptors (Lipinski definition) is 4. The predicted octanol–water partition coefficient (Wildman–Crippen LogP) is 3.50. The van der Waals surface area contributed by atoms with E-state index in [0.29, 0.717) is 35.8 Å². The smallest absolute Gasteiger partial charge is 0.257 e. The molecule has 0 bridgehead atoms. The summed E-state index contributed by atoms with van der Waals surface area (Å²) in [4.78, 5) is 28.7.